The molecule has 1 aliphatic carbocycles. The van der Waals surface area contributed by atoms with Gasteiger partial charge in [0.15, 0.2) is 0 Å². The maximum Gasteiger partial charge on any atom is 0.364 e. The van der Waals surface area contributed by atoms with E-state index in [0.29, 0.717) is 12.7 Å². The number of hydrogen-bond acceptors (Lipinski definition) is 8. The fourth-order valence-corrected chi connectivity index (χ4v) is 7.72. The molecule has 6 atom stereocenters. The van der Waals surface area contributed by atoms with Crippen molar-refractivity contribution >= 4 is 24.3 Å². The van der Waals surface area contributed by atoms with Crippen LogP contribution in [0.5, 0.6) is 17.2 Å². The first-order valence-electron chi connectivity index (χ1n) is 22.9. The number of carboxylic acid groups (broad SMARTS) is 1. The SMILES string of the molecule is C.CCC1C(C)CC(C)C1C.CNC(=O)C(OC=O)(C([NH-])=O)C(=O)O.Cc1ccc(C(C)(C)c2ccc(C)cc2)cc1.Cc1ccc(Oc2ccc(C)cc2)cc1.[CH3-].[Y].[Y].c1ccc(OCC2CO2)cc1. The molecule has 3 N–H and O–H groups in total. The average Bonchev–Trinajstić information content (AvgIpc) is 4.11. The molecule has 7 rings (SSSR count). The van der Waals surface area contributed by atoms with Crippen LogP contribution in [0.25, 0.3) is 5.73 Å². The van der Waals surface area contributed by atoms with Crippen LogP contribution in [-0.4, -0.2) is 61.3 Å². The summed E-state index contributed by atoms with van der Waals surface area (Å²) in [5.41, 5.74) is 11.4. The zero-order valence-electron chi connectivity index (χ0n) is 43.3. The van der Waals surface area contributed by atoms with Crippen LogP contribution in [-0.2, 0) is 99.5 Å². The number of carboxylic acids is 1. The number of amides is 2. The average molecular weight is 1130 g/mol. The van der Waals surface area contributed by atoms with Gasteiger partial charge in [0.2, 0.25) is 0 Å². The third kappa shape index (κ3) is 22.2. The van der Waals surface area contributed by atoms with E-state index in [9.17, 15) is 19.2 Å². The summed E-state index contributed by atoms with van der Waals surface area (Å²) in [5, 5.41) is 10.4. The monoisotopic (exact) mass is 1120 g/mol. The van der Waals surface area contributed by atoms with Gasteiger partial charge in [0, 0.05) is 77.9 Å². The van der Waals surface area contributed by atoms with Crippen molar-refractivity contribution < 1.29 is 109 Å². The minimum absolute atomic E-state index is 0. The number of aryl methyl sites for hydroxylation is 4. The van der Waals surface area contributed by atoms with Gasteiger partial charge in [0.25, 0.3) is 12.4 Å². The quantitative estimate of drug-likeness (QED) is 0.0505. The van der Waals surface area contributed by atoms with Gasteiger partial charge in [0.05, 0.1) is 6.61 Å². The molecule has 71 heavy (non-hydrogen) atoms. The van der Waals surface area contributed by atoms with Gasteiger partial charge in [-0.15, -0.1) is 0 Å². The number of hydrogen-bond donors (Lipinski definition) is 2. The standard InChI is InChI=1S/C17H20.C14H14O.C10H20.C9H10O2.C6H8N2O6.CH4.CH3.2Y/c1-13-5-9-15(10-6-13)17(3,4)16-11-7-14(2)8-12-16;1-11-3-7-13(8-4-11)15-14-9-5-12(2)6-10-14;1-5-10-8(3)6-7(2)9(10)4;1-2-4-8(5-3-1)10-6-9-7-11-9;1-8-4(11)6(3(7)10,5(12)13)14-2-9;;;;/h5-12H,1-4H3;3-10H,1-2H3;7-10H,5-6H2,1-4H3;1-5,9H,6-7H2;2H,1H3,(H4,7,8,10,11,12,13);1H4;1H3;;/q;;;;;;-1;;/p-1. The number of aliphatic carboxylic acids is 1. The third-order valence-electron chi connectivity index (χ3n) is 12.3. The van der Waals surface area contributed by atoms with Crippen LogP contribution in [0.1, 0.15) is 95.2 Å². The van der Waals surface area contributed by atoms with Gasteiger partial charge >= 0.3 is 11.6 Å². The second-order valence-corrected chi connectivity index (χ2v) is 17.9. The molecule has 0 aromatic heterocycles. The normalized spacial score (nSPS) is 17.6. The molecular weight excluding hydrogens is 1050 g/mol. The maximum atomic E-state index is 11.0. The smallest absolute Gasteiger partial charge is 0.364 e. The Labute approximate surface area is 475 Å². The number of benzene rings is 5. The van der Waals surface area contributed by atoms with Crippen molar-refractivity contribution in [3.63, 3.8) is 0 Å². The minimum Gasteiger partial charge on any atom is -0.663 e. The summed E-state index contributed by atoms with van der Waals surface area (Å²) in [4.78, 5) is 42.1. The van der Waals surface area contributed by atoms with E-state index in [4.69, 9.17) is 25.1 Å². The Balaban J connectivity index is 0. The Morgan fingerprint density at radius 1 is 0.718 bits per heavy atom. The first-order chi connectivity index (χ1) is 31.8. The molecule has 0 bridgehead atoms. The van der Waals surface area contributed by atoms with Crippen molar-refractivity contribution in [3.8, 4) is 17.2 Å². The van der Waals surface area contributed by atoms with Crippen molar-refractivity contribution in [2.24, 2.45) is 23.7 Å². The van der Waals surface area contributed by atoms with Crippen LogP contribution >= 0.6 is 0 Å². The molecule has 382 valence electrons. The van der Waals surface area contributed by atoms with Crippen molar-refractivity contribution in [1.29, 1.82) is 0 Å². The minimum atomic E-state index is -3.11. The maximum absolute atomic E-state index is 11.0. The molecule has 1 saturated heterocycles. The Kier molecular flexibility index (Phi) is 33.2. The second-order valence-electron chi connectivity index (χ2n) is 17.9. The number of likely N-dealkylation sites (N-methyl/N-ethyl adjacent to an activating group) is 1. The summed E-state index contributed by atoms with van der Waals surface area (Å²) in [6.07, 6.45) is 3.18. The molecule has 2 aliphatic rings. The molecule has 2 fully saturated rings. The van der Waals surface area contributed by atoms with Crippen LogP contribution in [0, 0.1) is 58.8 Å². The largest absolute Gasteiger partial charge is 0.663 e. The second kappa shape index (κ2) is 34.2. The number of epoxide rings is 1. The van der Waals surface area contributed by atoms with Crippen molar-refractivity contribution in [2.45, 2.75) is 107 Å². The molecule has 1 saturated carbocycles. The van der Waals surface area contributed by atoms with E-state index in [1.165, 1.54) is 46.2 Å². The number of carbonyl (C=O) groups is 4. The van der Waals surface area contributed by atoms with Gasteiger partial charge in [-0.25, -0.2) is 4.79 Å². The summed E-state index contributed by atoms with van der Waals surface area (Å²) in [6.45, 7) is 23.7. The predicted octanol–water partition coefficient (Wildman–Crippen LogP) is 12.9. The van der Waals surface area contributed by atoms with E-state index < -0.39 is 23.4 Å². The Hall–Kier alpha value is -4.25. The summed E-state index contributed by atoms with van der Waals surface area (Å²) < 4.78 is 20.0. The molecule has 6 unspecified atom stereocenters. The fraction of sp³-hybridized carbons (Fsp3) is 0.397. The first kappa shape index (κ1) is 68.8. The molecule has 13 heteroatoms. The van der Waals surface area contributed by atoms with Gasteiger partial charge in [-0.1, -0.05) is 169 Å². The molecular formula is C58H78N2O9Y2-2. The molecule has 1 heterocycles. The van der Waals surface area contributed by atoms with Crippen molar-refractivity contribution in [1.82, 2.24) is 5.32 Å². The third-order valence-corrected chi connectivity index (χ3v) is 12.3. The predicted molar refractivity (Wildman–Crippen MR) is 279 cm³/mol. The van der Waals surface area contributed by atoms with E-state index >= 15 is 0 Å². The molecule has 1 aliphatic heterocycles. The number of nitrogens with one attached hydrogen (secondary N) is 2. The van der Waals surface area contributed by atoms with E-state index in [0.717, 1.165) is 54.6 Å². The van der Waals surface area contributed by atoms with Crippen LogP contribution in [0.2, 0.25) is 0 Å². The Morgan fingerprint density at radius 3 is 1.42 bits per heavy atom. The van der Waals surface area contributed by atoms with Crippen LogP contribution < -0.4 is 14.8 Å². The molecule has 11 nitrogen and oxygen atoms in total. The molecule has 2 amide bonds. The van der Waals surface area contributed by atoms with E-state index in [-0.39, 0.29) is 92.2 Å². The zero-order chi connectivity index (χ0) is 49.7. The van der Waals surface area contributed by atoms with Gasteiger partial charge in [-0.2, -0.15) is 0 Å². The first-order valence-corrected chi connectivity index (χ1v) is 22.9. The van der Waals surface area contributed by atoms with Gasteiger partial charge in [-0.3, -0.25) is 9.59 Å². The van der Waals surface area contributed by atoms with Crippen molar-refractivity contribution in [3.05, 3.63) is 174 Å². The summed E-state index contributed by atoms with van der Waals surface area (Å²) in [5.74, 6) is 1.36. The molecule has 0 spiro atoms. The number of carbonyl (C=O) groups excluding carboxylic acids is 3. The van der Waals surface area contributed by atoms with Gasteiger partial charge in [-0.05, 0) is 105 Å². The molecule has 5 aromatic carbocycles. The summed E-state index contributed by atoms with van der Waals surface area (Å²) in [6, 6.07) is 43.6. The topological polar surface area (TPSA) is 165 Å². The number of ether oxygens (including phenoxy) is 4. The summed E-state index contributed by atoms with van der Waals surface area (Å²) in [7, 11) is 1.04. The van der Waals surface area contributed by atoms with Crippen molar-refractivity contribution in [2.75, 3.05) is 20.3 Å². The molecule has 5 aromatic rings. The van der Waals surface area contributed by atoms with Crippen LogP contribution in [0.15, 0.2) is 127 Å². The van der Waals surface area contributed by atoms with E-state index in [1.807, 2.05) is 84.2 Å². The van der Waals surface area contributed by atoms with Crippen LogP contribution in [0.3, 0.4) is 0 Å². The molecule has 2 radical (unpaired) electrons. The summed E-state index contributed by atoms with van der Waals surface area (Å²) >= 11 is 0. The number of rotatable bonds is 13. The van der Waals surface area contributed by atoms with Gasteiger partial charge < -0.3 is 47.3 Å². The fourth-order valence-electron chi connectivity index (χ4n) is 7.72. The zero-order valence-corrected chi connectivity index (χ0v) is 49.0. The van der Waals surface area contributed by atoms with Crippen LogP contribution in [0.4, 0.5) is 0 Å². The Bertz CT molecular complexity index is 2160. The Morgan fingerprint density at radius 2 is 1.13 bits per heavy atom. The van der Waals surface area contributed by atoms with E-state index in [2.05, 4.69) is 123 Å². The van der Waals surface area contributed by atoms with Gasteiger partial charge in [0.1, 0.15) is 35.9 Å². The van der Waals surface area contributed by atoms with E-state index in [1.54, 1.807) is 0 Å². The number of para-hydroxylation sites is 1.